The standard InChI is InChI=1S/C22H29F2NO5/c1-14(2)30-21(28)25-7-5-22(6-8-25)12-15(13-22)4-3-9-29-19-11-17(23)16(20(26)27)10-18(19)24/h10-11,14-15H,3-9,12-13H2,1-2H3,(H,26,27). The maximum Gasteiger partial charge on any atom is 0.410 e. The minimum absolute atomic E-state index is 0.108. The first-order valence-electron chi connectivity index (χ1n) is 10.5. The van der Waals surface area contributed by atoms with E-state index in [4.69, 9.17) is 14.6 Å². The Morgan fingerprint density at radius 3 is 2.47 bits per heavy atom. The molecule has 1 spiro atoms. The van der Waals surface area contributed by atoms with E-state index in [1.165, 1.54) is 0 Å². The molecule has 0 aromatic heterocycles. The van der Waals surface area contributed by atoms with E-state index in [9.17, 15) is 18.4 Å². The van der Waals surface area contributed by atoms with Gasteiger partial charge in [0.2, 0.25) is 0 Å². The van der Waals surface area contributed by atoms with Gasteiger partial charge >= 0.3 is 12.1 Å². The molecule has 0 atom stereocenters. The molecule has 0 radical (unpaired) electrons. The molecular weight excluding hydrogens is 396 g/mol. The van der Waals surface area contributed by atoms with Crippen molar-refractivity contribution in [2.24, 2.45) is 11.3 Å². The molecule has 0 unspecified atom stereocenters. The van der Waals surface area contributed by atoms with Crippen molar-refractivity contribution in [2.45, 2.75) is 58.5 Å². The van der Waals surface area contributed by atoms with E-state index in [0.717, 1.165) is 57.7 Å². The van der Waals surface area contributed by atoms with Gasteiger partial charge in [-0.1, -0.05) is 0 Å². The molecule has 2 fully saturated rings. The topological polar surface area (TPSA) is 76.1 Å². The van der Waals surface area contributed by atoms with Crippen LogP contribution in [0.4, 0.5) is 13.6 Å². The highest BCUT2D eigenvalue weighted by Gasteiger charge is 2.46. The van der Waals surface area contributed by atoms with Gasteiger partial charge < -0.3 is 19.5 Å². The average molecular weight is 425 g/mol. The number of ether oxygens (including phenoxy) is 2. The van der Waals surface area contributed by atoms with Crippen molar-refractivity contribution in [2.75, 3.05) is 19.7 Å². The third-order valence-electron chi connectivity index (χ3n) is 6.13. The summed E-state index contributed by atoms with van der Waals surface area (Å²) in [7, 11) is 0. The van der Waals surface area contributed by atoms with Crippen LogP contribution in [-0.4, -0.2) is 47.9 Å². The molecule has 1 saturated heterocycles. The third-order valence-corrected chi connectivity index (χ3v) is 6.13. The highest BCUT2D eigenvalue weighted by Crippen LogP contribution is 2.54. The molecule has 1 amide bonds. The molecule has 1 aromatic rings. The number of carbonyl (C=O) groups excluding carboxylic acids is 1. The molecule has 1 N–H and O–H groups in total. The van der Waals surface area contributed by atoms with Crippen molar-refractivity contribution >= 4 is 12.1 Å². The van der Waals surface area contributed by atoms with E-state index in [1.807, 2.05) is 13.8 Å². The number of carbonyl (C=O) groups is 2. The zero-order chi connectivity index (χ0) is 21.9. The molecule has 30 heavy (non-hydrogen) atoms. The van der Waals surface area contributed by atoms with Gasteiger partial charge in [0, 0.05) is 19.2 Å². The van der Waals surface area contributed by atoms with Gasteiger partial charge in [-0.3, -0.25) is 0 Å². The minimum Gasteiger partial charge on any atom is -0.490 e. The molecule has 1 heterocycles. The number of hydrogen-bond donors (Lipinski definition) is 1. The second-order valence-corrected chi connectivity index (χ2v) is 8.75. The van der Waals surface area contributed by atoms with Gasteiger partial charge in [0.1, 0.15) is 5.82 Å². The van der Waals surface area contributed by atoms with Crippen LogP contribution in [-0.2, 0) is 4.74 Å². The summed E-state index contributed by atoms with van der Waals surface area (Å²) in [4.78, 5) is 24.6. The van der Waals surface area contributed by atoms with E-state index < -0.39 is 23.2 Å². The fourth-order valence-corrected chi connectivity index (χ4v) is 4.57. The molecule has 1 aliphatic carbocycles. The molecule has 6 nitrogen and oxygen atoms in total. The van der Waals surface area contributed by atoms with Crippen LogP contribution in [0.3, 0.4) is 0 Å². The summed E-state index contributed by atoms with van der Waals surface area (Å²) in [6.07, 6.45) is 5.55. The van der Waals surface area contributed by atoms with Crippen molar-refractivity contribution < 1.29 is 33.0 Å². The number of carboxylic acid groups (broad SMARTS) is 1. The van der Waals surface area contributed by atoms with Crippen LogP contribution >= 0.6 is 0 Å². The Kier molecular flexibility index (Phi) is 6.83. The second-order valence-electron chi connectivity index (χ2n) is 8.75. The minimum atomic E-state index is -1.51. The number of carboxylic acids is 1. The van der Waals surface area contributed by atoms with Crippen molar-refractivity contribution in [1.82, 2.24) is 4.90 Å². The lowest BCUT2D eigenvalue weighted by molar-refractivity contribution is -0.0204. The molecule has 2 aliphatic rings. The predicted molar refractivity (Wildman–Crippen MR) is 106 cm³/mol. The van der Waals surface area contributed by atoms with E-state index in [1.54, 1.807) is 4.90 Å². The quantitative estimate of drug-likeness (QED) is 0.632. The number of benzene rings is 1. The summed E-state index contributed by atoms with van der Waals surface area (Å²) in [6.45, 7) is 5.41. The van der Waals surface area contributed by atoms with Crippen molar-refractivity contribution in [3.8, 4) is 5.75 Å². The zero-order valence-electron chi connectivity index (χ0n) is 17.5. The highest BCUT2D eigenvalue weighted by molar-refractivity contribution is 5.88. The maximum atomic E-state index is 13.9. The lowest BCUT2D eigenvalue weighted by Gasteiger charge is -2.52. The lowest BCUT2D eigenvalue weighted by Crippen LogP contribution is -2.49. The number of halogens is 2. The summed E-state index contributed by atoms with van der Waals surface area (Å²) < 4.78 is 38.1. The van der Waals surface area contributed by atoms with E-state index in [-0.39, 0.29) is 24.6 Å². The van der Waals surface area contributed by atoms with E-state index in [2.05, 4.69) is 0 Å². The number of hydrogen-bond acceptors (Lipinski definition) is 4. The Labute approximate surface area is 175 Å². The summed E-state index contributed by atoms with van der Waals surface area (Å²) in [5.41, 5.74) is -0.384. The van der Waals surface area contributed by atoms with E-state index in [0.29, 0.717) is 17.4 Å². The van der Waals surface area contributed by atoms with Crippen LogP contribution in [0.1, 0.15) is 62.7 Å². The predicted octanol–water partition coefficient (Wildman–Crippen LogP) is 4.86. The number of likely N-dealkylation sites (tertiary alicyclic amines) is 1. The van der Waals surface area contributed by atoms with Crippen molar-refractivity contribution in [1.29, 1.82) is 0 Å². The van der Waals surface area contributed by atoms with E-state index >= 15 is 0 Å². The van der Waals surface area contributed by atoms with Crippen LogP contribution in [0, 0.1) is 23.0 Å². The van der Waals surface area contributed by atoms with Gasteiger partial charge in [-0.05, 0) is 69.8 Å². The fourth-order valence-electron chi connectivity index (χ4n) is 4.57. The number of piperidine rings is 1. The summed E-state index contributed by atoms with van der Waals surface area (Å²) >= 11 is 0. The molecule has 1 aromatic carbocycles. The fraction of sp³-hybridized carbons (Fsp3) is 0.636. The number of rotatable bonds is 7. The Hall–Kier alpha value is -2.38. The van der Waals surface area contributed by atoms with Gasteiger partial charge in [-0.15, -0.1) is 0 Å². The molecule has 1 saturated carbocycles. The summed E-state index contributed by atoms with van der Waals surface area (Å²) in [6, 6.07) is 1.43. The Morgan fingerprint density at radius 2 is 1.87 bits per heavy atom. The van der Waals surface area contributed by atoms with Gasteiger partial charge in [-0.2, -0.15) is 0 Å². The van der Waals surface area contributed by atoms with Crippen molar-refractivity contribution in [3.05, 3.63) is 29.3 Å². The Morgan fingerprint density at radius 1 is 1.20 bits per heavy atom. The molecule has 3 rings (SSSR count). The smallest absolute Gasteiger partial charge is 0.410 e. The Balaban J connectivity index is 1.36. The molecule has 8 heteroatoms. The second kappa shape index (κ2) is 9.18. The third kappa shape index (κ3) is 5.21. The lowest BCUT2D eigenvalue weighted by atomic mass is 9.56. The first-order valence-corrected chi connectivity index (χ1v) is 10.5. The number of amides is 1. The molecule has 166 valence electrons. The first kappa shape index (κ1) is 22.3. The normalized spacial score (nSPS) is 18.4. The van der Waals surface area contributed by atoms with Crippen LogP contribution in [0.2, 0.25) is 0 Å². The van der Waals surface area contributed by atoms with Crippen LogP contribution in [0.15, 0.2) is 12.1 Å². The monoisotopic (exact) mass is 425 g/mol. The van der Waals surface area contributed by atoms with Gasteiger partial charge in [0.25, 0.3) is 0 Å². The first-order chi connectivity index (χ1) is 14.2. The number of aromatic carboxylic acids is 1. The van der Waals surface area contributed by atoms with Gasteiger partial charge in [0.05, 0.1) is 18.3 Å². The SMILES string of the molecule is CC(C)OC(=O)N1CCC2(CC1)CC(CCCOc1cc(F)c(C(=O)O)cc1F)C2. The van der Waals surface area contributed by atoms with Crippen LogP contribution in [0.25, 0.3) is 0 Å². The van der Waals surface area contributed by atoms with Crippen molar-refractivity contribution in [3.63, 3.8) is 0 Å². The summed E-state index contributed by atoms with van der Waals surface area (Å²) in [5, 5.41) is 8.80. The summed E-state index contributed by atoms with van der Waals surface area (Å²) in [5.74, 6) is -3.08. The maximum absolute atomic E-state index is 13.9. The largest absolute Gasteiger partial charge is 0.490 e. The van der Waals surface area contributed by atoms with Crippen LogP contribution in [0.5, 0.6) is 5.75 Å². The average Bonchev–Trinajstić information content (AvgIpc) is 2.65. The molecular formula is C22H29F2NO5. The molecule has 1 aliphatic heterocycles. The Bertz CT molecular complexity index is 782. The van der Waals surface area contributed by atoms with Gasteiger partial charge in [0.15, 0.2) is 11.6 Å². The van der Waals surface area contributed by atoms with Gasteiger partial charge in [-0.25, -0.2) is 18.4 Å². The highest BCUT2D eigenvalue weighted by atomic mass is 19.1. The van der Waals surface area contributed by atoms with Crippen LogP contribution < -0.4 is 4.74 Å². The zero-order valence-corrected chi connectivity index (χ0v) is 17.5. The number of nitrogens with zero attached hydrogens (tertiary/aromatic N) is 1. The molecule has 0 bridgehead atoms.